The Balaban J connectivity index is 0.00000442. The Morgan fingerprint density at radius 2 is 1.45 bits per heavy atom. The summed E-state index contributed by atoms with van der Waals surface area (Å²) in [5.41, 5.74) is 3.13. The average molecular weight is 618 g/mol. The van der Waals surface area contributed by atoms with E-state index in [0.717, 1.165) is 62.9 Å². The van der Waals surface area contributed by atoms with Crippen molar-refractivity contribution in [3.05, 3.63) is 108 Å². The van der Waals surface area contributed by atoms with E-state index in [0.29, 0.717) is 18.4 Å². The average Bonchev–Trinajstić information content (AvgIpc) is 3.48. The van der Waals surface area contributed by atoms with Gasteiger partial charge in [0.1, 0.15) is 6.61 Å². The van der Waals surface area contributed by atoms with Gasteiger partial charge in [-0.05, 0) is 74.1 Å². The van der Waals surface area contributed by atoms with Crippen molar-refractivity contribution >= 4 is 24.4 Å². The number of amides is 2. The van der Waals surface area contributed by atoms with Gasteiger partial charge >= 0.3 is 6.09 Å². The van der Waals surface area contributed by atoms with Crippen molar-refractivity contribution < 1.29 is 14.3 Å². The minimum Gasteiger partial charge on any atom is -0.445 e. The fourth-order valence-electron chi connectivity index (χ4n) is 7.06. The molecule has 1 heterocycles. The Bertz CT molecular complexity index is 1300. The molecule has 1 saturated carbocycles. The Hall–Kier alpha value is -3.35. The first-order valence-corrected chi connectivity index (χ1v) is 16.0. The van der Waals surface area contributed by atoms with Gasteiger partial charge in [0, 0.05) is 50.4 Å². The molecule has 2 amide bonds. The summed E-state index contributed by atoms with van der Waals surface area (Å²) >= 11 is 0. The number of nitrogens with zero attached hydrogens (tertiary/aromatic N) is 3. The Morgan fingerprint density at radius 1 is 0.864 bits per heavy atom. The molecule has 236 valence electrons. The molecule has 4 unspecified atom stereocenters. The van der Waals surface area contributed by atoms with Gasteiger partial charge in [-0.25, -0.2) is 4.79 Å². The van der Waals surface area contributed by atoms with E-state index >= 15 is 0 Å². The second-order valence-electron chi connectivity index (χ2n) is 12.4. The van der Waals surface area contributed by atoms with Crippen LogP contribution in [0.4, 0.5) is 4.79 Å². The predicted octanol–water partition coefficient (Wildman–Crippen LogP) is 7.64. The van der Waals surface area contributed by atoms with Crippen LogP contribution in [0.15, 0.2) is 91.0 Å². The van der Waals surface area contributed by atoms with Gasteiger partial charge in [0.2, 0.25) is 0 Å². The van der Waals surface area contributed by atoms with Gasteiger partial charge in [-0.3, -0.25) is 4.79 Å². The van der Waals surface area contributed by atoms with Crippen LogP contribution in [-0.2, 0) is 11.3 Å². The van der Waals surface area contributed by atoms with E-state index < -0.39 is 0 Å². The lowest BCUT2D eigenvalue weighted by Gasteiger charge is -2.41. The molecule has 3 aromatic rings. The highest BCUT2D eigenvalue weighted by Crippen LogP contribution is 2.42. The van der Waals surface area contributed by atoms with Crippen molar-refractivity contribution in [3.8, 4) is 0 Å². The van der Waals surface area contributed by atoms with E-state index in [1.54, 1.807) is 0 Å². The number of rotatable bonds is 10. The van der Waals surface area contributed by atoms with Gasteiger partial charge in [-0.15, -0.1) is 12.4 Å². The molecule has 3 aromatic carbocycles. The quantitative estimate of drug-likeness (QED) is 0.235. The highest BCUT2D eigenvalue weighted by atomic mass is 35.5. The van der Waals surface area contributed by atoms with Gasteiger partial charge < -0.3 is 19.4 Å². The summed E-state index contributed by atoms with van der Waals surface area (Å²) in [4.78, 5) is 33.2. The number of hydrogen-bond acceptors (Lipinski definition) is 4. The van der Waals surface area contributed by atoms with Crippen LogP contribution in [0, 0.1) is 5.92 Å². The summed E-state index contributed by atoms with van der Waals surface area (Å²) < 4.78 is 5.79. The Morgan fingerprint density at radius 3 is 2.07 bits per heavy atom. The standard InChI is InChI=1S/C37H47N3O3.ClH/c1-4-28(2)40(37(42)43-27-29-14-8-5-9-15-29)33-20-22-39(23-21-33)26-32-24-34(25-35(32)30-16-10-6-11-17-30)38(3)36(41)31-18-12-7-13-19-31;/h5-19,28,32-35H,4,20-27H2,1-3H3;1H. The molecule has 0 N–H and O–H groups in total. The van der Waals surface area contributed by atoms with Crippen molar-refractivity contribution in [1.29, 1.82) is 0 Å². The first-order valence-electron chi connectivity index (χ1n) is 16.0. The predicted molar refractivity (Wildman–Crippen MR) is 179 cm³/mol. The SMILES string of the molecule is CCC(C)N(C(=O)OCc1ccccc1)C1CCN(CC2CC(N(C)C(=O)c3ccccc3)CC2c2ccccc2)CC1.Cl. The van der Waals surface area contributed by atoms with Crippen molar-refractivity contribution in [3.63, 3.8) is 0 Å². The number of hydrogen-bond donors (Lipinski definition) is 0. The maximum atomic E-state index is 13.3. The molecular formula is C37H48ClN3O3. The maximum absolute atomic E-state index is 13.3. The third-order valence-corrected chi connectivity index (χ3v) is 9.71. The monoisotopic (exact) mass is 617 g/mol. The molecular weight excluding hydrogens is 570 g/mol. The van der Waals surface area contributed by atoms with E-state index in [9.17, 15) is 9.59 Å². The molecule has 1 saturated heterocycles. The summed E-state index contributed by atoms with van der Waals surface area (Å²) in [5, 5.41) is 0. The van der Waals surface area contributed by atoms with E-state index in [4.69, 9.17) is 4.74 Å². The highest BCUT2D eigenvalue weighted by molar-refractivity contribution is 5.94. The summed E-state index contributed by atoms with van der Waals surface area (Å²) in [5.74, 6) is 0.985. The topological polar surface area (TPSA) is 53.1 Å². The minimum atomic E-state index is -0.203. The van der Waals surface area contributed by atoms with Crippen LogP contribution >= 0.6 is 12.4 Å². The molecule has 2 fully saturated rings. The second-order valence-corrected chi connectivity index (χ2v) is 12.4. The fraction of sp³-hybridized carbons (Fsp3) is 0.459. The molecule has 0 radical (unpaired) electrons. The largest absolute Gasteiger partial charge is 0.445 e. The molecule has 0 aromatic heterocycles. The molecule has 1 aliphatic heterocycles. The van der Waals surface area contributed by atoms with E-state index in [2.05, 4.69) is 49.1 Å². The Kier molecular flexibility index (Phi) is 12.3. The number of carbonyl (C=O) groups is 2. The number of halogens is 1. The molecule has 0 spiro atoms. The molecule has 6 nitrogen and oxygen atoms in total. The summed E-state index contributed by atoms with van der Waals surface area (Å²) in [6.45, 7) is 7.51. The van der Waals surface area contributed by atoms with E-state index in [-0.39, 0.29) is 42.5 Å². The van der Waals surface area contributed by atoms with Crippen LogP contribution < -0.4 is 0 Å². The van der Waals surface area contributed by atoms with E-state index in [1.165, 1.54) is 5.56 Å². The van der Waals surface area contributed by atoms with Gasteiger partial charge in [0.15, 0.2) is 0 Å². The van der Waals surface area contributed by atoms with Gasteiger partial charge in [-0.1, -0.05) is 85.8 Å². The normalized spacial score (nSPS) is 21.2. The van der Waals surface area contributed by atoms with E-state index in [1.807, 2.05) is 77.5 Å². The molecule has 1 aliphatic carbocycles. The first-order chi connectivity index (χ1) is 20.9. The zero-order valence-electron chi connectivity index (χ0n) is 26.4. The Labute approximate surface area is 269 Å². The van der Waals surface area contributed by atoms with Crippen LogP contribution in [0.3, 0.4) is 0 Å². The maximum Gasteiger partial charge on any atom is 0.410 e. The molecule has 2 aliphatic rings. The lowest BCUT2D eigenvalue weighted by atomic mass is 9.88. The number of benzene rings is 3. The van der Waals surface area contributed by atoms with Crippen molar-refractivity contribution in [2.24, 2.45) is 5.92 Å². The van der Waals surface area contributed by atoms with Crippen molar-refractivity contribution in [1.82, 2.24) is 14.7 Å². The molecule has 7 heteroatoms. The van der Waals surface area contributed by atoms with Crippen molar-refractivity contribution in [2.75, 3.05) is 26.7 Å². The number of carbonyl (C=O) groups excluding carboxylic acids is 2. The summed E-state index contributed by atoms with van der Waals surface area (Å²) in [7, 11) is 1.97. The highest BCUT2D eigenvalue weighted by Gasteiger charge is 2.40. The number of ether oxygens (including phenoxy) is 1. The second kappa shape index (κ2) is 16.1. The van der Waals surface area contributed by atoms with Crippen LogP contribution in [0.5, 0.6) is 0 Å². The third kappa shape index (κ3) is 8.22. The fourth-order valence-corrected chi connectivity index (χ4v) is 7.06. The summed E-state index contributed by atoms with van der Waals surface area (Å²) in [6.07, 6.45) is 4.57. The lowest BCUT2D eigenvalue weighted by molar-refractivity contribution is 0.0402. The van der Waals surface area contributed by atoms with Gasteiger partial charge in [0.05, 0.1) is 0 Å². The number of piperidine rings is 1. The molecule has 5 rings (SSSR count). The van der Waals surface area contributed by atoms with Crippen LogP contribution in [-0.4, -0.2) is 71.5 Å². The summed E-state index contributed by atoms with van der Waals surface area (Å²) in [6, 6.07) is 30.9. The van der Waals surface area contributed by atoms with Crippen LogP contribution in [0.25, 0.3) is 0 Å². The van der Waals surface area contributed by atoms with Crippen LogP contribution in [0.1, 0.15) is 73.4 Å². The van der Waals surface area contributed by atoms with Gasteiger partial charge in [0.25, 0.3) is 5.91 Å². The minimum absolute atomic E-state index is 0. The first kappa shape index (κ1) is 33.5. The zero-order valence-corrected chi connectivity index (χ0v) is 27.2. The molecule has 4 atom stereocenters. The van der Waals surface area contributed by atoms with Crippen LogP contribution in [0.2, 0.25) is 0 Å². The molecule has 44 heavy (non-hydrogen) atoms. The smallest absolute Gasteiger partial charge is 0.410 e. The third-order valence-electron chi connectivity index (χ3n) is 9.71. The zero-order chi connectivity index (χ0) is 30.2. The van der Waals surface area contributed by atoms with Crippen molar-refractivity contribution in [2.45, 2.75) is 76.6 Å². The number of likely N-dealkylation sites (tertiary alicyclic amines) is 1. The lowest BCUT2D eigenvalue weighted by Crippen LogP contribution is -2.51. The molecule has 0 bridgehead atoms. The van der Waals surface area contributed by atoms with Gasteiger partial charge in [-0.2, -0.15) is 0 Å².